The number of nitrogens with zero attached hydrogens (tertiary/aromatic N) is 6. The van der Waals surface area contributed by atoms with Gasteiger partial charge in [-0.25, -0.2) is 4.68 Å². The fraction of sp³-hybridized carbons (Fsp3) is 0.600. The van der Waals surface area contributed by atoms with Gasteiger partial charge in [0.1, 0.15) is 5.69 Å². The molecule has 0 aromatic carbocycles. The maximum Gasteiger partial charge on any atom is 0.274 e. The summed E-state index contributed by atoms with van der Waals surface area (Å²) >= 11 is 0. The average Bonchev–Trinajstić information content (AvgIpc) is 3.23. The van der Waals surface area contributed by atoms with E-state index in [1.165, 1.54) is 0 Å². The van der Waals surface area contributed by atoms with Gasteiger partial charge in [-0.2, -0.15) is 10.2 Å². The lowest BCUT2D eigenvalue weighted by atomic mass is 10.1. The smallest absolute Gasteiger partial charge is 0.274 e. The third kappa shape index (κ3) is 4.19. The number of piperidine rings is 1. The third-order valence-electron chi connectivity index (χ3n) is 5.94. The maximum atomic E-state index is 12.8. The summed E-state index contributed by atoms with van der Waals surface area (Å²) in [5.74, 6) is -0.0900. The molecule has 0 bridgehead atoms. The fourth-order valence-corrected chi connectivity index (χ4v) is 4.07. The van der Waals surface area contributed by atoms with E-state index in [0.29, 0.717) is 18.8 Å². The molecule has 4 rings (SSSR count). The largest absolute Gasteiger partial charge is 0.368 e. The van der Waals surface area contributed by atoms with Crippen molar-refractivity contribution < 1.29 is 4.79 Å². The minimum atomic E-state index is -0.105. The zero-order valence-electron chi connectivity index (χ0n) is 17.2. The van der Waals surface area contributed by atoms with Gasteiger partial charge in [-0.05, 0) is 32.4 Å². The SMILES string of the molecule is CCc1cc(C(=O)N2CCCC(n3ncc(N4CCN(C)CC4)cc3=O)C2)n[nH]1. The van der Waals surface area contributed by atoms with E-state index >= 15 is 0 Å². The van der Waals surface area contributed by atoms with Crippen LogP contribution in [0.4, 0.5) is 5.69 Å². The molecular formula is C20H29N7O2. The van der Waals surface area contributed by atoms with Crippen LogP contribution in [0.2, 0.25) is 0 Å². The molecule has 9 nitrogen and oxygen atoms in total. The van der Waals surface area contributed by atoms with Gasteiger partial charge in [0, 0.05) is 51.0 Å². The van der Waals surface area contributed by atoms with E-state index < -0.39 is 0 Å². The third-order valence-corrected chi connectivity index (χ3v) is 5.94. The molecule has 2 aromatic heterocycles. The van der Waals surface area contributed by atoms with Gasteiger partial charge in [0.05, 0.1) is 17.9 Å². The Bertz CT molecular complexity index is 914. The van der Waals surface area contributed by atoms with Gasteiger partial charge in [-0.15, -0.1) is 0 Å². The first kappa shape index (κ1) is 19.6. The van der Waals surface area contributed by atoms with Crippen LogP contribution in [-0.2, 0) is 6.42 Å². The molecule has 29 heavy (non-hydrogen) atoms. The van der Waals surface area contributed by atoms with E-state index in [0.717, 1.165) is 56.8 Å². The number of hydrogen-bond acceptors (Lipinski definition) is 6. The van der Waals surface area contributed by atoms with Crippen LogP contribution < -0.4 is 10.5 Å². The summed E-state index contributed by atoms with van der Waals surface area (Å²) in [5.41, 5.74) is 2.16. The highest BCUT2D eigenvalue weighted by Crippen LogP contribution is 2.22. The molecule has 2 aliphatic rings. The van der Waals surface area contributed by atoms with Crippen LogP contribution in [0.1, 0.15) is 42.0 Å². The van der Waals surface area contributed by atoms with E-state index in [4.69, 9.17) is 0 Å². The highest BCUT2D eigenvalue weighted by atomic mass is 16.2. The topological polar surface area (TPSA) is 90.4 Å². The van der Waals surface area contributed by atoms with Crippen molar-refractivity contribution in [1.82, 2.24) is 29.8 Å². The molecule has 2 saturated heterocycles. The maximum absolute atomic E-state index is 12.8. The quantitative estimate of drug-likeness (QED) is 0.816. The molecule has 2 aliphatic heterocycles. The van der Waals surface area contributed by atoms with Crippen LogP contribution in [0.3, 0.4) is 0 Å². The molecule has 0 radical (unpaired) electrons. The van der Waals surface area contributed by atoms with Crippen LogP contribution in [-0.4, -0.2) is 82.0 Å². The summed E-state index contributed by atoms with van der Waals surface area (Å²) < 4.78 is 1.54. The van der Waals surface area contributed by atoms with E-state index in [-0.39, 0.29) is 17.5 Å². The van der Waals surface area contributed by atoms with E-state index in [2.05, 4.69) is 32.1 Å². The summed E-state index contributed by atoms with van der Waals surface area (Å²) in [6, 6.07) is 3.38. The lowest BCUT2D eigenvalue weighted by Gasteiger charge is -2.34. The number of likely N-dealkylation sites (tertiary alicyclic amines) is 1. The number of rotatable bonds is 4. The molecule has 1 atom stereocenters. The molecular weight excluding hydrogens is 370 g/mol. The second-order valence-electron chi connectivity index (χ2n) is 7.97. The first-order valence-corrected chi connectivity index (χ1v) is 10.4. The average molecular weight is 399 g/mol. The Kier molecular flexibility index (Phi) is 5.66. The van der Waals surface area contributed by atoms with Crippen molar-refractivity contribution in [2.45, 2.75) is 32.2 Å². The molecule has 156 valence electrons. The lowest BCUT2D eigenvalue weighted by molar-refractivity contribution is 0.0664. The molecule has 9 heteroatoms. The molecule has 0 saturated carbocycles. The monoisotopic (exact) mass is 399 g/mol. The highest BCUT2D eigenvalue weighted by Gasteiger charge is 2.28. The van der Waals surface area contributed by atoms with Gasteiger partial charge in [0.25, 0.3) is 11.5 Å². The second kappa shape index (κ2) is 8.36. The van der Waals surface area contributed by atoms with Gasteiger partial charge in [0.15, 0.2) is 0 Å². The standard InChI is InChI=1S/C20H29N7O2/c1-3-15-11-18(23-22-15)20(29)26-6-4-5-16(14-26)27-19(28)12-17(13-21-27)25-9-7-24(2)8-10-25/h11-13,16H,3-10,14H2,1-2H3,(H,22,23). The van der Waals surface area contributed by atoms with Crippen molar-refractivity contribution in [2.24, 2.45) is 0 Å². The summed E-state index contributed by atoms with van der Waals surface area (Å²) in [6.07, 6.45) is 4.28. The number of hydrogen-bond donors (Lipinski definition) is 1. The van der Waals surface area contributed by atoms with Crippen LogP contribution in [0, 0.1) is 0 Å². The number of carbonyl (C=O) groups excluding carboxylic acids is 1. The number of aromatic amines is 1. The number of amides is 1. The Labute approximate surface area is 170 Å². The summed E-state index contributed by atoms with van der Waals surface area (Å²) in [5, 5.41) is 11.5. The summed E-state index contributed by atoms with van der Waals surface area (Å²) in [4.78, 5) is 31.9. The van der Waals surface area contributed by atoms with E-state index in [9.17, 15) is 9.59 Å². The Morgan fingerprint density at radius 3 is 2.69 bits per heavy atom. The van der Waals surface area contributed by atoms with E-state index in [1.807, 2.05) is 6.92 Å². The zero-order valence-corrected chi connectivity index (χ0v) is 17.2. The molecule has 4 heterocycles. The summed E-state index contributed by atoms with van der Waals surface area (Å²) in [6.45, 7) is 6.94. The van der Waals surface area contributed by atoms with Crippen molar-refractivity contribution in [3.05, 3.63) is 40.1 Å². The number of nitrogens with one attached hydrogen (secondary N) is 1. The minimum Gasteiger partial charge on any atom is -0.368 e. The zero-order chi connectivity index (χ0) is 20.4. The van der Waals surface area contributed by atoms with Crippen molar-refractivity contribution in [2.75, 3.05) is 51.2 Å². The normalized spacial score (nSPS) is 20.8. The first-order valence-electron chi connectivity index (χ1n) is 10.4. The van der Waals surface area contributed by atoms with Crippen molar-refractivity contribution >= 4 is 11.6 Å². The predicted octanol–water partition coefficient (Wildman–Crippen LogP) is 0.758. The second-order valence-corrected chi connectivity index (χ2v) is 7.97. The Hall–Kier alpha value is -2.68. The lowest BCUT2D eigenvalue weighted by Crippen LogP contribution is -2.46. The number of piperazine rings is 1. The predicted molar refractivity (Wildman–Crippen MR) is 110 cm³/mol. The molecule has 2 aromatic rings. The van der Waals surface area contributed by atoms with Gasteiger partial charge >= 0.3 is 0 Å². The van der Waals surface area contributed by atoms with Gasteiger partial charge < -0.3 is 14.7 Å². The van der Waals surface area contributed by atoms with Crippen LogP contribution in [0.25, 0.3) is 0 Å². The molecule has 1 amide bonds. The van der Waals surface area contributed by atoms with Crippen molar-refractivity contribution in [3.63, 3.8) is 0 Å². The van der Waals surface area contributed by atoms with Gasteiger partial charge in [-0.1, -0.05) is 6.92 Å². The number of carbonyl (C=O) groups is 1. The highest BCUT2D eigenvalue weighted by molar-refractivity contribution is 5.92. The van der Waals surface area contributed by atoms with Gasteiger partial charge in [-0.3, -0.25) is 14.7 Å². The number of aryl methyl sites for hydroxylation is 1. The van der Waals surface area contributed by atoms with E-state index in [1.54, 1.807) is 27.9 Å². The Morgan fingerprint density at radius 2 is 2.00 bits per heavy atom. The summed E-state index contributed by atoms with van der Waals surface area (Å²) in [7, 11) is 2.11. The Morgan fingerprint density at radius 1 is 1.21 bits per heavy atom. The number of H-pyrrole nitrogens is 1. The Balaban J connectivity index is 1.46. The number of likely N-dealkylation sites (N-methyl/N-ethyl adjacent to an activating group) is 1. The molecule has 0 aliphatic carbocycles. The van der Waals surface area contributed by atoms with Crippen molar-refractivity contribution in [1.29, 1.82) is 0 Å². The first-order chi connectivity index (χ1) is 14.0. The number of anilines is 1. The van der Waals surface area contributed by atoms with Crippen LogP contribution in [0.5, 0.6) is 0 Å². The minimum absolute atomic E-state index is 0.0900. The van der Waals surface area contributed by atoms with Crippen molar-refractivity contribution in [3.8, 4) is 0 Å². The van der Waals surface area contributed by atoms with Crippen LogP contribution >= 0.6 is 0 Å². The molecule has 1 N–H and O–H groups in total. The van der Waals surface area contributed by atoms with Crippen LogP contribution in [0.15, 0.2) is 23.1 Å². The molecule has 2 fully saturated rings. The molecule has 0 spiro atoms. The number of aromatic nitrogens is 4. The fourth-order valence-electron chi connectivity index (χ4n) is 4.07. The van der Waals surface area contributed by atoms with Gasteiger partial charge in [0.2, 0.25) is 0 Å². The molecule has 1 unspecified atom stereocenters.